The van der Waals surface area contributed by atoms with Crippen LogP contribution >= 0.6 is 22.9 Å². The van der Waals surface area contributed by atoms with Crippen LogP contribution in [0.1, 0.15) is 18.7 Å². The van der Waals surface area contributed by atoms with Gasteiger partial charge in [0.05, 0.1) is 15.5 Å². The van der Waals surface area contributed by atoms with E-state index < -0.39 is 16.6 Å². The summed E-state index contributed by atoms with van der Waals surface area (Å²) in [6, 6.07) is 1.52. The molecule has 3 nitrogen and oxygen atoms in total. The number of thiophene rings is 1. The van der Waals surface area contributed by atoms with E-state index in [1.807, 2.05) is 0 Å². The number of hydrogen-bond donors (Lipinski definition) is 2. The molecule has 0 aromatic carbocycles. The van der Waals surface area contributed by atoms with Crippen molar-refractivity contribution < 1.29 is 9.32 Å². The maximum atomic E-state index is 10.9. The van der Waals surface area contributed by atoms with Gasteiger partial charge in [0.1, 0.15) is 15.2 Å². The van der Waals surface area contributed by atoms with Gasteiger partial charge in [-0.1, -0.05) is 11.6 Å². The van der Waals surface area contributed by atoms with Gasteiger partial charge < -0.3 is 5.11 Å². The molecule has 1 heterocycles. The molecule has 1 aromatic rings. The first kappa shape index (κ1) is 11.1. The molecule has 0 aliphatic rings. The fourth-order valence-electron chi connectivity index (χ4n) is 0.864. The van der Waals surface area contributed by atoms with Crippen molar-refractivity contribution in [2.75, 3.05) is 0 Å². The molecule has 1 atom stereocenters. The summed E-state index contributed by atoms with van der Waals surface area (Å²) in [5, 5.41) is 15.2. The first-order valence-corrected chi connectivity index (χ1v) is 5.91. The quantitative estimate of drug-likeness (QED) is 0.824. The Morgan fingerprint density at radius 2 is 2.23 bits per heavy atom. The lowest BCUT2D eigenvalue weighted by Gasteiger charge is -2.15. The van der Waals surface area contributed by atoms with Gasteiger partial charge in [0.2, 0.25) is 0 Å². The normalized spacial score (nSPS) is 14.5. The van der Waals surface area contributed by atoms with Gasteiger partial charge in [0.15, 0.2) is 0 Å². The molecule has 13 heavy (non-hydrogen) atoms. The van der Waals surface area contributed by atoms with Crippen LogP contribution in [0.25, 0.3) is 0 Å². The molecule has 0 saturated heterocycles. The summed E-state index contributed by atoms with van der Waals surface area (Å²) in [6.45, 7) is 3.24. The average Bonchev–Trinajstić information content (AvgIpc) is 2.29. The highest BCUT2D eigenvalue weighted by Crippen LogP contribution is 2.36. The van der Waals surface area contributed by atoms with Crippen LogP contribution in [0, 0.1) is 0 Å². The Morgan fingerprint density at radius 1 is 1.69 bits per heavy atom. The van der Waals surface area contributed by atoms with Gasteiger partial charge in [-0.2, -0.15) is 0 Å². The van der Waals surface area contributed by atoms with Gasteiger partial charge in [-0.05, 0) is 19.9 Å². The number of aliphatic hydroxyl groups is 1. The van der Waals surface area contributed by atoms with Crippen molar-refractivity contribution in [2.24, 2.45) is 5.14 Å². The van der Waals surface area contributed by atoms with E-state index in [-0.39, 0.29) is 0 Å². The highest BCUT2D eigenvalue weighted by atomic mass is 35.5. The topological polar surface area (TPSA) is 63.3 Å². The average molecular weight is 240 g/mol. The second kappa shape index (κ2) is 3.67. The maximum absolute atomic E-state index is 10.9. The first-order valence-electron chi connectivity index (χ1n) is 3.50. The Balaban J connectivity index is 3.18. The zero-order chi connectivity index (χ0) is 10.2. The fourth-order valence-corrected chi connectivity index (χ4v) is 3.05. The van der Waals surface area contributed by atoms with Crippen LogP contribution in [0.15, 0.2) is 10.3 Å². The van der Waals surface area contributed by atoms with E-state index >= 15 is 0 Å². The smallest absolute Gasteiger partial charge is 0.132 e. The molecule has 3 N–H and O–H groups in total. The largest absolute Gasteiger partial charge is 0.385 e. The van der Waals surface area contributed by atoms with Gasteiger partial charge >= 0.3 is 0 Å². The lowest BCUT2D eigenvalue weighted by Crippen LogP contribution is -2.13. The van der Waals surface area contributed by atoms with E-state index in [1.54, 1.807) is 13.8 Å². The van der Waals surface area contributed by atoms with Crippen molar-refractivity contribution in [1.82, 2.24) is 0 Å². The zero-order valence-corrected chi connectivity index (χ0v) is 9.59. The summed E-state index contributed by atoms with van der Waals surface area (Å²) in [5.74, 6) is 0. The van der Waals surface area contributed by atoms with Crippen LogP contribution in [0.5, 0.6) is 0 Å². The summed E-state index contributed by atoms with van der Waals surface area (Å²) in [7, 11) is -1.53. The minimum atomic E-state index is -1.53. The Labute approximate surface area is 88.1 Å². The molecule has 0 amide bonds. The number of nitrogens with two attached hydrogens (primary N) is 1. The molecule has 0 aliphatic heterocycles. The molecule has 0 aliphatic carbocycles. The van der Waals surface area contributed by atoms with E-state index in [0.717, 1.165) is 0 Å². The van der Waals surface area contributed by atoms with Crippen molar-refractivity contribution in [3.63, 3.8) is 0 Å². The van der Waals surface area contributed by atoms with Crippen molar-refractivity contribution >= 4 is 33.9 Å². The Bertz CT molecular complexity index is 343. The predicted molar refractivity (Wildman–Crippen MR) is 55.2 cm³/mol. The van der Waals surface area contributed by atoms with Gasteiger partial charge in [0.25, 0.3) is 0 Å². The number of halogens is 1. The second-order valence-electron chi connectivity index (χ2n) is 3.10. The van der Waals surface area contributed by atoms with Crippen molar-refractivity contribution in [2.45, 2.75) is 23.7 Å². The minimum absolute atomic E-state index is 0.409. The monoisotopic (exact) mass is 239 g/mol. The van der Waals surface area contributed by atoms with Gasteiger partial charge in [0, 0.05) is 0 Å². The molecule has 1 unspecified atom stereocenters. The molecule has 74 valence electrons. The van der Waals surface area contributed by atoms with Crippen molar-refractivity contribution in [1.29, 1.82) is 0 Å². The zero-order valence-electron chi connectivity index (χ0n) is 7.20. The lowest BCUT2D eigenvalue weighted by atomic mass is 10.1. The molecule has 0 bridgehead atoms. The summed E-state index contributed by atoms with van der Waals surface area (Å²) in [6.07, 6.45) is 0. The van der Waals surface area contributed by atoms with Crippen molar-refractivity contribution in [3.05, 3.63) is 16.0 Å². The van der Waals surface area contributed by atoms with Crippen LogP contribution in [-0.4, -0.2) is 9.32 Å². The fraction of sp³-hybridized carbons (Fsp3) is 0.429. The minimum Gasteiger partial charge on any atom is -0.385 e. The Kier molecular flexibility index (Phi) is 3.14. The van der Waals surface area contributed by atoms with Gasteiger partial charge in [-0.25, -0.2) is 9.35 Å². The predicted octanol–water partition coefficient (Wildman–Crippen LogP) is 1.61. The summed E-state index contributed by atoms with van der Waals surface area (Å²) < 4.78 is 11.4. The third-order valence-corrected chi connectivity index (χ3v) is 4.33. The Hall–Kier alpha value is 0.0600. The second-order valence-corrected chi connectivity index (χ2v) is 5.85. The van der Waals surface area contributed by atoms with Gasteiger partial charge in [-0.15, -0.1) is 11.3 Å². The molecular weight excluding hydrogens is 230 g/mol. The molecule has 6 heteroatoms. The maximum Gasteiger partial charge on any atom is 0.132 e. The standard InChI is InChI=1S/C7H10ClNO2S2/c1-7(2,10)6-4(8)3-5(12-6)13(9)11/h3,10H,9H2,1-2H3. The number of hydrogen-bond acceptors (Lipinski definition) is 3. The first-order chi connectivity index (χ1) is 5.82. The van der Waals surface area contributed by atoms with Crippen LogP contribution in [0.4, 0.5) is 0 Å². The summed E-state index contributed by atoms with van der Waals surface area (Å²) in [5.41, 5.74) is -1.01. The van der Waals surface area contributed by atoms with Crippen molar-refractivity contribution in [3.8, 4) is 0 Å². The molecular formula is C7H10ClNO2S2. The molecule has 1 rings (SSSR count). The highest BCUT2D eigenvalue weighted by Gasteiger charge is 2.23. The summed E-state index contributed by atoms with van der Waals surface area (Å²) in [4.78, 5) is 0.586. The van der Waals surface area contributed by atoms with Crippen LogP contribution in [0.2, 0.25) is 5.02 Å². The SMILES string of the molecule is CC(C)(O)c1sc(S(N)=O)cc1Cl. The third kappa shape index (κ3) is 2.51. The number of rotatable bonds is 2. The van der Waals surface area contributed by atoms with E-state index in [1.165, 1.54) is 17.4 Å². The summed E-state index contributed by atoms with van der Waals surface area (Å²) >= 11 is 7.00. The van der Waals surface area contributed by atoms with E-state index in [4.69, 9.17) is 16.7 Å². The van der Waals surface area contributed by atoms with Gasteiger partial charge in [-0.3, -0.25) is 0 Å². The third-order valence-electron chi connectivity index (χ3n) is 1.42. The van der Waals surface area contributed by atoms with Crippen LogP contribution in [-0.2, 0) is 16.6 Å². The molecule has 0 saturated carbocycles. The molecule has 1 aromatic heterocycles. The van der Waals surface area contributed by atoms with Crippen LogP contribution < -0.4 is 5.14 Å². The molecule has 0 spiro atoms. The molecule has 0 radical (unpaired) electrons. The van der Waals surface area contributed by atoms with E-state index in [0.29, 0.717) is 14.1 Å². The Morgan fingerprint density at radius 3 is 2.46 bits per heavy atom. The van der Waals surface area contributed by atoms with E-state index in [9.17, 15) is 9.32 Å². The molecule has 0 fully saturated rings. The van der Waals surface area contributed by atoms with E-state index in [2.05, 4.69) is 0 Å². The highest BCUT2D eigenvalue weighted by molar-refractivity contribution is 7.85. The van der Waals surface area contributed by atoms with Crippen LogP contribution in [0.3, 0.4) is 0 Å². The lowest BCUT2D eigenvalue weighted by molar-refractivity contribution is 0.0826.